The smallest absolute Gasteiger partial charge is 0.262 e. The second kappa shape index (κ2) is 4.85. The zero-order chi connectivity index (χ0) is 15.3. The normalized spacial score (nSPS) is 13.2. The van der Waals surface area contributed by atoms with Gasteiger partial charge in [0.2, 0.25) is 0 Å². The molecule has 6 nitrogen and oxygen atoms in total. The molecule has 0 spiro atoms. The van der Waals surface area contributed by atoms with Gasteiger partial charge in [-0.2, -0.15) is 0 Å². The molecule has 0 saturated heterocycles. The van der Waals surface area contributed by atoms with E-state index in [0.29, 0.717) is 10.7 Å². The summed E-state index contributed by atoms with van der Waals surface area (Å²) in [6, 6.07) is 6.05. The van der Waals surface area contributed by atoms with Crippen molar-refractivity contribution >= 4 is 51.8 Å². The number of nitrogens with one attached hydrogen (secondary N) is 1. The molecule has 2 aromatic rings. The molecule has 0 fully saturated rings. The van der Waals surface area contributed by atoms with Gasteiger partial charge in [-0.25, -0.2) is 0 Å². The number of amides is 2. The molecule has 1 aliphatic heterocycles. The van der Waals surface area contributed by atoms with Gasteiger partial charge in [0, 0.05) is 9.64 Å². The fraction of sp³-hybridized carbons (Fsp3) is 0. The Morgan fingerprint density at radius 1 is 1.14 bits per heavy atom. The maximum Gasteiger partial charge on any atom is 0.262 e. The van der Waals surface area contributed by atoms with Crippen LogP contribution in [0.4, 0.5) is 5.82 Å². The van der Waals surface area contributed by atoms with Gasteiger partial charge in [0.15, 0.2) is 0 Å². The van der Waals surface area contributed by atoms with E-state index in [1.165, 1.54) is 0 Å². The van der Waals surface area contributed by atoms with Crippen molar-refractivity contribution in [3.05, 3.63) is 54.3 Å². The van der Waals surface area contributed by atoms with Crippen LogP contribution < -0.4 is 16.6 Å². The molecule has 8 heteroatoms. The lowest BCUT2D eigenvalue weighted by atomic mass is 10.1. The number of carbonyl (C=O) groups excluding carboxylic acids is 2. The number of anilines is 1. The molecule has 0 saturated carbocycles. The van der Waals surface area contributed by atoms with Gasteiger partial charge in [-0.1, -0.05) is 11.6 Å². The number of pyridine rings is 1. The Bertz CT molecular complexity index is 876. The highest BCUT2D eigenvalue weighted by atomic mass is 127. The van der Waals surface area contributed by atoms with Crippen LogP contribution >= 0.6 is 34.2 Å². The van der Waals surface area contributed by atoms with Crippen LogP contribution in [0.2, 0.25) is 5.02 Å². The van der Waals surface area contributed by atoms with E-state index < -0.39 is 17.4 Å². The molecule has 106 valence electrons. The molecule has 1 aromatic heterocycles. The molecule has 0 bridgehead atoms. The summed E-state index contributed by atoms with van der Waals surface area (Å²) in [6.45, 7) is 0. The van der Waals surface area contributed by atoms with Crippen LogP contribution in [0.1, 0.15) is 20.7 Å². The number of imide groups is 1. The number of carbonyl (C=O) groups is 2. The second-order valence-corrected chi connectivity index (χ2v) is 5.94. The van der Waals surface area contributed by atoms with Gasteiger partial charge in [0.1, 0.15) is 5.82 Å². The molecule has 21 heavy (non-hydrogen) atoms. The average Bonchev–Trinajstić information content (AvgIpc) is 2.69. The highest BCUT2D eigenvalue weighted by Gasteiger charge is 2.31. The van der Waals surface area contributed by atoms with Crippen LogP contribution in [0.15, 0.2) is 29.1 Å². The van der Waals surface area contributed by atoms with Gasteiger partial charge in [-0.3, -0.25) is 24.3 Å². The first-order valence-electron chi connectivity index (χ1n) is 5.77. The van der Waals surface area contributed by atoms with Crippen LogP contribution in [-0.2, 0) is 0 Å². The first-order valence-corrected chi connectivity index (χ1v) is 7.22. The number of nitrogens with zero attached hydrogens (tertiary/aromatic N) is 1. The maximum absolute atomic E-state index is 12.2. The number of halogens is 2. The van der Waals surface area contributed by atoms with Crippen molar-refractivity contribution in [3.63, 3.8) is 0 Å². The van der Waals surface area contributed by atoms with E-state index in [9.17, 15) is 14.4 Å². The molecule has 0 radical (unpaired) electrons. The Morgan fingerprint density at radius 2 is 1.86 bits per heavy atom. The molecule has 1 aromatic carbocycles. The molecule has 0 aliphatic carbocycles. The standard InChI is InChI=1S/C13H7ClIN3O3/c14-7-3-5(1-2-8(7)15)18-9(19)4-6-10(11(18)16)13(21)17-12(6)20/h1-4H,16H2,(H,17,20,21). The molecule has 3 N–H and O–H groups in total. The van der Waals surface area contributed by atoms with Crippen molar-refractivity contribution in [2.45, 2.75) is 0 Å². The summed E-state index contributed by atoms with van der Waals surface area (Å²) in [4.78, 5) is 35.5. The third-order valence-corrected chi connectivity index (χ3v) is 4.69. The SMILES string of the molecule is Nc1c2c(cc(=O)n1-c1ccc(I)c(Cl)c1)C(=O)NC2=O. The molecule has 0 atom stereocenters. The zero-order valence-electron chi connectivity index (χ0n) is 10.3. The number of nitrogen functional groups attached to an aromatic ring is 1. The van der Waals surface area contributed by atoms with E-state index in [1.807, 2.05) is 0 Å². The van der Waals surface area contributed by atoms with Crippen molar-refractivity contribution < 1.29 is 9.59 Å². The third-order valence-electron chi connectivity index (χ3n) is 3.11. The van der Waals surface area contributed by atoms with E-state index in [0.717, 1.165) is 14.2 Å². The first-order chi connectivity index (χ1) is 9.90. The van der Waals surface area contributed by atoms with Gasteiger partial charge in [0.25, 0.3) is 17.4 Å². The third kappa shape index (κ3) is 2.12. The zero-order valence-corrected chi connectivity index (χ0v) is 13.2. The lowest BCUT2D eigenvalue weighted by Gasteiger charge is -2.12. The number of hydrogen-bond acceptors (Lipinski definition) is 4. The molecule has 1 aliphatic rings. The summed E-state index contributed by atoms with van der Waals surface area (Å²) in [6.07, 6.45) is 0. The molecule has 3 rings (SSSR count). The van der Waals surface area contributed by atoms with Crippen LogP contribution in [0, 0.1) is 3.57 Å². The van der Waals surface area contributed by atoms with E-state index in [2.05, 4.69) is 27.9 Å². The van der Waals surface area contributed by atoms with E-state index >= 15 is 0 Å². The van der Waals surface area contributed by atoms with Gasteiger partial charge in [0.05, 0.1) is 21.8 Å². The van der Waals surface area contributed by atoms with E-state index in [-0.39, 0.29) is 16.9 Å². The summed E-state index contributed by atoms with van der Waals surface area (Å²) in [5, 5.41) is 2.57. The summed E-state index contributed by atoms with van der Waals surface area (Å²) >= 11 is 8.09. The summed E-state index contributed by atoms with van der Waals surface area (Å²) in [5.74, 6) is -1.32. The summed E-state index contributed by atoms with van der Waals surface area (Å²) < 4.78 is 1.97. The number of fused-ring (bicyclic) bond motifs is 1. The highest BCUT2D eigenvalue weighted by molar-refractivity contribution is 14.1. The van der Waals surface area contributed by atoms with Crippen LogP contribution in [0.5, 0.6) is 0 Å². The molecule has 2 amide bonds. The summed E-state index contributed by atoms with van der Waals surface area (Å²) in [7, 11) is 0. The van der Waals surface area contributed by atoms with Crippen molar-refractivity contribution in [2.24, 2.45) is 0 Å². The minimum atomic E-state index is -0.619. The molecular weight excluding hydrogens is 409 g/mol. The Morgan fingerprint density at radius 3 is 2.52 bits per heavy atom. The molecular formula is C13H7ClIN3O3. The molecule has 2 heterocycles. The number of hydrogen-bond donors (Lipinski definition) is 2. The van der Waals surface area contributed by atoms with Crippen molar-refractivity contribution in [1.82, 2.24) is 9.88 Å². The van der Waals surface area contributed by atoms with Crippen molar-refractivity contribution in [1.29, 1.82) is 0 Å². The Labute approximate surface area is 137 Å². The largest absolute Gasteiger partial charge is 0.384 e. The Kier molecular flexibility index (Phi) is 3.25. The minimum Gasteiger partial charge on any atom is -0.384 e. The fourth-order valence-corrected chi connectivity index (χ4v) is 2.68. The number of aromatic nitrogens is 1. The van der Waals surface area contributed by atoms with Crippen LogP contribution in [-0.4, -0.2) is 16.4 Å². The number of nitrogens with two attached hydrogens (primary N) is 1. The van der Waals surface area contributed by atoms with Gasteiger partial charge in [-0.05, 0) is 40.8 Å². The second-order valence-electron chi connectivity index (χ2n) is 4.37. The van der Waals surface area contributed by atoms with Gasteiger partial charge >= 0.3 is 0 Å². The van der Waals surface area contributed by atoms with E-state index in [4.69, 9.17) is 17.3 Å². The van der Waals surface area contributed by atoms with Crippen molar-refractivity contribution in [3.8, 4) is 5.69 Å². The fourth-order valence-electron chi connectivity index (χ4n) is 2.17. The minimum absolute atomic E-state index is 0.00430. The average molecular weight is 416 g/mol. The van der Waals surface area contributed by atoms with Gasteiger partial charge in [-0.15, -0.1) is 0 Å². The predicted octanol–water partition coefficient (Wildman–Crippen LogP) is 1.56. The lowest BCUT2D eigenvalue weighted by Crippen LogP contribution is -2.24. The Hall–Kier alpha value is -1.87. The summed E-state index contributed by atoms with van der Waals surface area (Å²) in [5.41, 5.74) is 5.84. The Balaban J connectivity index is 2.32. The highest BCUT2D eigenvalue weighted by Crippen LogP contribution is 2.26. The monoisotopic (exact) mass is 415 g/mol. The number of rotatable bonds is 1. The number of benzene rings is 1. The van der Waals surface area contributed by atoms with Crippen LogP contribution in [0.3, 0.4) is 0 Å². The van der Waals surface area contributed by atoms with Crippen LogP contribution in [0.25, 0.3) is 5.69 Å². The topological polar surface area (TPSA) is 94.2 Å². The molecule has 0 unspecified atom stereocenters. The predicted molar refractivity (Wildman–Crippen MR) is 86.0 cm³/mol. The first kappa shape index (κ1) is 14.1. The van der Waals surface area contributed by atoms with Gasteiger partial charge < -0.3 is 5.73 Å². The van der Waals surface area contributed by atoms with E-state index in [1.54, 1.807) is 18.2 Å². The lowest BCUT2D eigenvalue weighted by molar-refractivity contribution is 0.0880. The van der Waals surface area contributed by atoms with Crippen molar-refractivity contribution in [2.75, 3.05) is 5.73 Å². The maximum atomic E-state index is 12.2. The quantitative estimate of drug-likeness (QED) is 0.546.